The number of pyridine rings is 1. The first-order valence-corrected chi connectivity index (χ1v) is 3.94. The van der Waals surface area contributed by atoms with Crippen molar-refractivity contribution >= 4 is 16.9 Å². The van der Waals surface area contributed by atoms with Crippen molar-refractivity contribution in [2.45, 2.75) is 0 Å². The van der Waals surface area contributed by atoms with E-state index in [-0.39, 0.29) is 5.84 Å². The Hall–Kier alpha value is -1.84. The van der Waals surface area contributed by atoms with Crippen LogP contribution in [0.25, 0.3) is 11.0 Å². The van der Waals surface area contributed by atoms with E-state index in [2.05, 4.69) is 4.98 Å². The molecule has 0 aliphatic rings. The van der Waals surface area contributed by atoms with Crippen LogP contribution in [-0.4, -0.2) is 15.4 Å². The average Bonchev–Trinajstić information content (AvgIpc) is 2.45. The summed E-state index contributed by atoms with van der Waals surface area (Å²) in [4.78, 5) is 4.19. The Balaban J connectivity index is 2.85. The third-order valence-electron chi connectivity index (χ3n) is 2.02. The number of nitrogens with one attached hydrogen (secondary N) is 1. The second kappa shape index (κ2) is 2.58. The Morgan fingerprint density at radius 3 is 3.08 bits per heavy atom. The summed E-state index contributed by atoms with van der Waals surface area (Å²) in [6.07, 6.45) is 3.55. The van der Waals surface area contributed by atoms with Crippen LogP contribution in [0.3, 0.4) is 0 Å². The van der Waals surface area contributed by atoms with Crippen LogP contribution in [0.5, 0.6) is 0 Å². The van der Waals surface area contributed by atoms with E-state index < -0.39 is 0 Å². The van der Waals surface area contributed by atoms with E-state index in [1.165, 1.54) is 0 Å². The molecule has 0 saturated heterocycles. The molecule has 4 heteroatoms. The zero-order chi connectivity index (χ0) is 9.42. The molecule has 0 aromatic carbocycles. The SMILES string of the molecule is Cn1cc(C(=N)N)c2cccnc21. The van der Waals surface area contributed by atoms with Crippen molar-refractivity contribution in [3.05, 3.63) is 30.1 Å². The van der Waals surface area contributed by atoms with Gasteiger partial charge in [0, 0.05) is 30.4 Å². The van der Waals surface area contributed by atoms with Crippen LogP contribution in [0.15, 0.2) is 24.5 Å². The minimum Gasteiger partial charge on any atom is -0.384 e. The molecule has 0 spiro atoms. The molecule has 4 nitrogen and oxygen atoms in total. The highest BCUT2D eigenvalue weighted by molar-refractivity contribution is 6.06. The monoisotopic (exact) mass is 174 g/mol. The number of hydrogen-bond acceptors (Lipinski definition) is 2. The topological polar surface area (TPSA) is 67.7 Å². The van der Waals surface area contributed by atoms with Gasteiger partial charge in [0.05, 0.1) is 0 Å². The van der Waals surface area contributed by atoms with Crippen molar-refractivity contribution in [1.29, 1.82) is 5.41 Å². The summed E-state index contributed by atoms with van der Waals surface area (Å²) in [7, 11) is 1.89. The third-order valence-corrected chi connectivity index (χ3v) is 2.02. The fraction of sp³-hybridized carbons (Fsp3) is 0.111. The molecule has 0 fully saturated rings. The highest BCUT2D eigenvalue weighted by atomic mass is 15.0. The van der Waals surface area contributed by atoms with Crippen LogP contribution in [0.1, 0.15) is 5.56 Å². The molecule has 66 valence electrons. The van der Waals surface area contributed by atoms with Gasteiger partial charge in [0.25, 0.3) is 0 Å². The summed E-state index contributed by atoms with van der Waals surface area (Å²) in [5.41, 5.74) is 7.03. The van der Waals surface area contributed by atoms with E-state index in [1.807, 2.05) is 29.9 Å². The molecular weight excluding hydrogens is 164 g/mol. The molecule has 2 aromatic heterocycles. The standard InChI is InChI=1S/C9H10N4/c1-13-5-7(8(10)11)6-3-2-4-12-9(6)13/h2-5H,1H3,(H3,10,11). The summed E-state index contributed by atoms with van der Waals surface area (Å²) in [6, 6.07) is 3.76. The number of aryl methyl sites for hydroxylation is 1. The number of fused-ring (bicyclic) bond motifs is 1. The Kier molecular flexibility index (Phi) is 1.55. The van der Waals surface area contributed by atoms with Crippen molar-refractivity contribution in [2.75, 3.05) is 0 Å². The smallest absolute Gasteiger partial charge is 0.140 e. The number of nitrogens with two attached hydrogens (primary N) is 1. The summed E-state index contributed by atoms with van der Waals surface area (Å²) < 4.78 is 1.87. The fourth-order valence-electron chi connectivity index (χ4n) is 1.43. The summed E-state index contributed by atoms with van der Waals surface area (Å²) in [5.74, 6) is 0.0820. The van der Waals surface area contributed by atoms with Gasteiger partial charge in [-0.15, -0.1) is 0 Å². The van der Waals surface area contributed by atoms with E-state index >= 15 is 0 Å². The summed E-state index contributed by atoms with van der Waals surface area (Å²) in [6.45, 7) is 0. The lowest BCUT2D eigenvalue weighted by Crippen LogP contribution is -2.10. The summed E-state index contributed by atoms with van der Waals surface area (Å²) in [5, 5.41) is 8.30. The molecule has 13 heavy (non-hydrogen) atoms. The highest BCUT2D eigenvalue weighted by Gasteiger charge is 2.07. The maximum Gasteiger partial charge on any atom is 0.140 e. The third kappa shape index (κ3) is 1.07. The van der Waals surface area contributed by atoms with Gasteiger partial charge in [0.2, 0.25) is 0 Å². The number of nitrogen functional groups attached to an aromatic ring is 1. The zero-order valence-corrected chi connectivity index (χ0v) is 7.28. The molecule has 0 saturated carbocycles. The molecule has 0 bridgehead atoms. The Morgan fingerprint density at radius 1 is 1.62 bits per heavy atom. The van der Waals surface area contributed by atoms with Gasteiger partial charge >= 0.3 is 0 Å². The zero-order valence-electron chi connectivity index (χ0n) is 7.28. The predicted octanol–water partition coefficient (Wildman–Crippen LogP) is 0.857. The largest absolute Gasteiger partial charge is 0.384 e. The van der Waals surface area contributed by atoms with Crippen molar-refractivity contribution in [3.63, 3.8) is 0 Å². The molecule has 0 amide bonds. The van der Waals surface area contributed by atoms with Gasteiger partial charge in [0.1, 0.15) is 11.5 Å². The van der Waals surface area contributed by atoms with E-state index in [4.69, 9.17) is 11.1 Å². The second-order valence-electron chi connectivity index (χ2n) is 2.94. The second-order valence-corrected chi connectivity index (χ2v) is 2.94. The molecule has 3 N–H and O–H groups in total. The fourth-order valence-corrected chi connectivity index (χ4v) is 1.43. The molecule has 0 radical (unpaired) electrons. The lowest BCUT2D eigenvalue weighted by Gasteiger charge is -1.93. The average molecular weight is 174 g/mol. The molecular formula is C9H10N4. The first kappa shape index (κ1) is 7.79. The van der Waals surface area contributed by atoms with E-state index in [1.54, 1.807) is 6.20 Å². The quantitative estimate of drug-likeness (QED) is 0.497. The summed E-state index contributed by atoms with van der Waals surface area (Å²) >= 11 is 0. The maximum atomic E-state index is 7.37. The lowest BCUT2D eigenvalue weighted by molar-refractivity contribution is 0.947. The van der Waals surface area contributed by atoms with Crippen LogP contribution in [-0.2, 0) is 7.05 Å². The Bertz CT molecular complexity index is 469. The Labute approximate surface area is 75.5 Å². The molecule has 0 aliphatic carbocycles. The maximum absolute atomic E-state index is 7.37. The van der Waals surface area contributed by atoms with E-state index in [0.717, 1.165) is 16.6 Å². The van der Waals surface area contributed by atoms with E-state index in [0.29, 0.717) is 0 Å². The van der Waals surface area contributed by atoms with Gasteiger partial charge in [-0.05, 0) is 12.1 Å². The van der Waals surface area contributed by atoms with Crippen LogP contribution in [0, 0.1) is 5.41 Å². The molecule has 2 heterocycles. The number of rotatable bonds is 1. The minimum absolute atomic E-state index is 0.0820. The molecule has 2 aromatic rings. The van der Waals surface area contributed by atoms with Crippen LogP contribution < -0.4 is 5.73 Å². The number of aromatic nitrogens is 2. The van der Waals surface area contributed by atoms with Gasteiger partial charge in [-0.25, -0.2) is 4.98 Å². The van der Waals surface area contributed by atoms with Gasteiger partial charge in [-0.3, -0.25) is 5.41 Å². The first-order chi connectivity index (χ1) is 6.20. The molecule has 0 unspecified atom stereocenters. The highest BCUT2D eigenvalue weighted by Crippen LogP contribution is 2.16. The number of amidine groups is 1. The van der Waals surface area contributed by atoms with Crippen LogP contribution in [0.2, 0.25) is 0 Å². The predicted molar refractivity (Wildman–Crippen MR) is 51.7 cm³/mol. The van der Waals surface area contributed by atoms with Crippen molar-refractivity contribution in [2.24, 2.45) is 12.8 Å². The lowest BCUT2D eigenvalue weighted by atomic mass is 10.2. The molecule has 0 atom stereocenters. The minimum atomic E-state index is 0.0820. The van der Waals surface area contributed by atoms with Gasteiger partial charge in [0.15, 0.2) is 0 Å². The van der Waals surface area contributed by atoms with Crippen molar-refractivity contribution < 1.29 is 0 Å². The van der Waals surface area contributed by atoms with E-state index in [9.17, 15) is 0 Å². The van der Waals surface area contributed by atoms with Crippen molar-refractivity contribution in [1.82, 2.24) is 9.55 Å². The van der Waals surface area contributed by atoms with Gasteiger partial charge in [-0.2, -0.15) is 0 Å². The number of hydrogen-bond donors (Lipinski definition) is 2. The Morgan fingerprint density at radius 2 is 2.38 bits per heavy atom. The molecule has 0 aliphatic heterocycles. The number of nitrogens with zero attached hydrogens (tertiary/aromatic N) is 2. The van der Waals surface area contributed by atoms with Crippen LogP contribution >= 0.6 is 0 Å². The molecule has 2 rings (SSSR count). The van der Waals surface area contributed by atoms with Gasteiger partial charge < -0.3 is 10.3 Å². The van der Waals surface area contributed by atoms with Gasteiger partial charge in [-0.1, -0.05) is 0 Å². The van der Waals surface area contributed by atoms with Crippen molar-refractivity contribution in [3.8, 4) is 0 Å². The first-order valence-electron chi connectivity index (χ1n) is 3.94. The van der Waals surface area contributed by atoms with Crippen LogP contribution in [0.4, 0.5) is 0 Å². The normalized spacial score (nSPS) is 10.5.